The molecular weight excluding hydrogens is 288 g/mol. The third kappa shape index (κ3) is 2.54. The van der Waals surface area contributed by atoms with Gasteiger partial charge in [0.1, 0.15) is 0 Å². The molecule has 0 spiro atoms. The van der Waals surface area contributed by atoms with E-state index in [-0.39, 0.29) is 11.5 Å². The van der Waals surface area contributed by atoms with Crippen molar-refractivity contribution < 1.29 is 14.6 Å². The lowest BCUT2D eigenvalue weighted by molar-refractivity contribution is -0.138. The fraction of sp³-hybridized carbons (Fsp3) is 0.950. The fourth-order valence-electron chi connectivity index (χ4n) is 6.13. The van der Waals surface area contributed by atoms with Crippen LogP contribution in [-0.2, 0) is 9.53 Å². The van der Waals surface area contributed by atoms with Crippen LogP contribution >= 0.6 is 0 Å². The van der Waals surface area contributed by atoms with E-state index in [1.54, 1.807) is 0 Å². The molecular formula is C20H34O3. The molecule has 1 heterocycles. The van der Waals surface area contributed by atoms with Crippen molar-refractivity contribution >= 4 is 5.97 Å². The predicted octanol–water partition coefficient (Wildman–Crippen LogP) is 4.89. The molecule has 132 valence electrons. The summed E-state index contributed by atoms with van der Waals surface area (Å²) in [6.45, 7) is 11.8. The molecule has 3 nitrogen and oxygen atoms in total. The van der Waals surface area contributed by atoms with Crippen molar-refractivity contribution in [3.05, 3.63) is 0 Å². The molecule has 2 saturated carbocycles. The third-order valence-corrected chi connectivity index (χ3v) is 8.28. The van der Waals surface area contributed by atoms with Crippen LogP contribution in [0.1, 0.15) is 79.6 Å². The van der Waals surface area contributed by atoms with Crippen LogP contribution in [0.3, 0.4) is 0 Å². The molecule has 0 aromatic carbocycles. The first-order valence-corrected chi connectivity index (χ1v) is 9.53. The number of carboxylic acids is 1. The zero-order valence-corrected chi connectivity index (χ0v) is 15.5. The van der Waals surface area contributed by atoms with Gasteiger partial charge in [0, 0.05) is 11.8 Å². The van der Waals surface area contributed by atoms with Gasteiger partial charge in [-0.2, -0.15) is 0 Å². The van der Waals surface area contributed by atoms with Crippen LogP contribution in [0.5, 0.6) is 0 Å². The second-order valence-electron chi connectivity index (χ2n) is 9.45. The molecule has 0 unspecified atom stereocenters. The summed E-state index contributed by atoms with van der Waals surface area (Å²) in [6, 6.07) is 0. The lowest BCUT2D eigenvalue weighted by Crippen LogP contribution is -2.56. The van der Waals surface area contributed by atoms with Crippen molar-refractivity contribution in [2.24, 2.45) is 28.6 Å². The summed E-state index contributed by atoms with van der Waals surface area (Å²) in [7, 11) is 0. The molecule has 0 bridgehead atoms. The molecule has 3 aliphatic rings. The van der Waals surface area contributed by atoms with Gasteiger partial charge in [0.05, 0.1) is 11.7 Å². The minimum Gasteiger partial charge on any atom is -0.481 e. The minimum absolute atomic E-state index is 0.101. The van der Waals surface area contributed by atoms with Gasteiger partial charge < -0.3 is 9.84 Å². The van der Waals surface area contributed by atoms with E-state index in [9.17, 15) is 4.79 Å². The molecule has 1 N–H and O–H groups in total. The smallest absolute Gasteiger partial charge is 0.303 e. The highest BCUT2D eigenvalue weighted by Gasteiger charge is 2.71. The summed E-state index contributed by atoms with van der Waals surface area (Å²) in [5.74, 6) is 1.04. The standard InChI is InChI=1S/C20H34O3/c1-13(12-17(21)22)8-10-18(3)14(2)9-11-19(4)15(18)6-7-16-20(19,5)23-16/h13-16H,6-12H2,1-5H3,(H,21,22)/t13-,14-,15-,16+,18+,19+,20+/m1/s1. The average Bonchev–Trinajstić information content (AvgIpc) is 3.14. The predicted molar refractivity (Wildman–Crippen MR) is 91.3 cm³/mol. The molecule has 0 radical (unpaired) electrons. The van der Waals surface area contributed by atoms with Gasteiger partial charge in [-0.25, -0.2) is 0 Å². The molecule has 0 aromatic heterocycles. The molecule has 7 atom stereocenters. The van der Waals surface area contributed by atoms with E-state index in [1.807, 2.05) is 0 Å². The normalized spacial score (nSPS) is 49.9. The monoisotopic (exact) mass is 322 g/mol. The maximum atomic E-state index is 11.0. The van der Waals surface area contributed by atoms with Crippen molar-refractivity contribution in [2.75, 3.05) is 0 Å². The van der Waals surface area contributed by atoms with Crippen molar-refractivity contribution in [3.8, 4) is 0 Å². The Morgan fingerprint density at radius 1 is 1.26 bits per heavy atom. The number of rotatable bonds is 5. The Morgan fingerprint density at radius 2 is 1.96 bits per heavy atom. The van der Waals surface area contributed by atoms with Gasteiger partial charge in [-0.15, -0.1) is 0 Å². The largest absolute Gasteiger partial charge is 0.481 e. The first-order chi connectivity index (χ1) is 10.6. The number of carbonyl (C=O) groups is 1. The van der Waals surface area contributed by atoms with Crippen LogP contribution in [0.2, 0.25) is 0 Å². The van der Waals surface area contributed by atoms with Crippen LogP contribution in [0, 0.1) is 28.6 Å². The summed E-state index contributed by atoms with van der Waals surface area (Å²) in [5.41, 5.74) is 0.719. The van der Waals surface area contributed by atoms with Crippen LogP contribution in [-0.4, -0.2) is 22.8 Å². The first-order valence-electron chi connectivity index (χ1n) is 9.53. The van der Waals surface area contributed by atoms with Crippen LogP contribution in [0.15, 0.2) is 0 Å². The highest BCUT2D eigenvalue weighted by Crippen LogP contribution is 2.70. The number of hydrogen-bond donors (Lipinski definition) is 1. The maximum Gasteiger partial charge on any atom is 0.303 e. The van der Waals surface area contributed by atoms with E-state index in [2.05, 4.69) is 34.6 Å². The van der Waals surface area contributed by atoms with Gasteiger partial charge in [-0.1, -0.05) is 27.7 Å². The second-order valence-corrected chi connectivity index (χ2v) is 9.45. The quantitative estimate of drug-likeness (QED) is 0.733. The Morgan fingerprint density at radius 3 is 2.61 bits per heavy atom. The number of fused-ring (bicyclic) bond motifs is 3. The van der Waals surface area contributed by atoms with Crippen molar-refractivity contribution in [1.82, 2.24) is 0 Å². The van der Waals surface area contributed by atoms with Crippen molar-refractivity contribution in [3.63, 3.8) is 0 Å². The lowest BCUT2D eigenvalue weighted by Gasteiger charge is -2.59. The maximum absolute atomic E-state index is 11.0. The first kappa shape index (κ1) is 17.3. The molecule has 1 aliphatic heterocycles. The van der Waals surface area contributed by atoms with Gasteiger partial charge in [0.25, 0.3) is 0 Å². The molecule has 3 fully saturated rings. The Hall–Kier alpha value is -0.570. The Bertz CT molecular complexity index is 489. The van der Waals surface area contributed by atoms with Crippen LogP contribution in [0.25, 0.3) is 0 Å². The van der Waals surface area contributed by atoms with E-state index in [4.69, 9.17) is 9.84 Å². The topological polar surface area (TPSA) is 49.8 Å². The molecule has 3 heteroatoms. The van der Waals surface area contributed by atoms with Crippen LogP contribution in [0.4, 0.5) is 0 Å². The van der Waals surface area contributed by atoms with E-state index >= 15 is 0 Å². The van der Waals surface area contributed by atoms with Gasteiger partial charge in [-0.05, 0) is 68.6 Å². The van der Waals surface area contributed by atoms with Crippen molar-refractivity contribution in [2.45, 2.75) is 91.3 Å². The number of ether oxygens (including phenoxy) is 1. The Labute approximate surface area is 141 Å². The zero-order chi connectivity index (χ0) is 17.0. The highest BCUT2D eigenvalue weighted by molar-refractivity contribution is 5.66. The molecule has 3 rings (SSSR count). The van der Waals surface area contributed by atoms with E-state index in [1.165, 1.54) is 25.7 Å². The SMILES string of the molecule is C[C@H](CC[C@@]1(C)[C@H](C)CC[C@@]2(C)[C@@H]1CC[C@@H]1O[C@@]12C)CC(=O)O. The summed E-state index contributed by atoms with van der Waals surface area (Å²) < 4.78 is 6.17. The Kier molecular flexibility index (Phi) is 4.11. The molecule has 0 aromatic rings. The summed E-state index contributed by atoms with van der Waals surface area (Å²) in [5, 5.41) is 9.02. The van der Waals surface area contributed by atoms with Gasteiger partial charge in [-0.3, -0.25) is 4.79 Å². The van der Waals surface area contributed by atoms with Gasteiger partial charge in [0.15, 0.2) is 0 Å². The summed E-state index contributed by atoms with van der Waals surface area (Å²) in [4.78, 5) is 11.0. The fourth-order valence-corrected chi connectivity index (χ4v) is 6.13. The number of epoxide rings is 1. The van der Waals surface area contributed by atoms with E-state index < -0.39 is 5.97 Å². The molecule has 23 heavy (non-hydrogen) atoms. The van der Waals surface area contributed by atoms with E-state index in [0.29, 0.717) is 29.3 Å². The lowest BCUT2D eigenvalue weighted by atomic mass is 9.44. The molecule has 1 saturated heterocycles. The highest BCUT2D eigenvalue weighted by atomic mass is 16.6. The number of hydrogen-bond acceptors (Lipinski definition) is 2. The molecule has 0 amide bonds. The Balaban J connectivity index is 1.77. The zero-order valence-electron chi connectivity index (χ0n) is 15.5. The van der Waals surface area contributed by atoms with Crippen LogP contribution < -0.4 is 0 Å². The van der Waals surface area contributed by atoms with Gasteiger partial charge in [0.2, 0.25) is 0 Å². The average molecular weight is 322 g/mol. The van der Waals surface area contributed by atoms with Crippen molar-refractivity contribution in [1.29, 1.82) is 0 Å². The third-order valence-electron chi connectivity index (χ3n) is 8.28. The minimum atomic E-state index is -0.663. The second kappa shape index (κ2) is 5.47. The number of aliphatic carboxylic acids is 1. The van der Waals surface area contributed by atoms with E-state index in [0.717, 1.165) is 18.8 Å². The summed E-state index contributed by atoms with van der Waals surface area (Å²) >= 11 is 0. The van der Waals surface area contributed by atoms with Gasteiger partial charge >= 0.3 is 5.97 Å². The molecule has 2 aliphatic carbocycles. The number of carboxylic acid groups (broad SMARTS) is 1. The summed E-state index contributed by atoms with van der Waals surface area (Å²) in [6.07, 6.45) is 8.04.